The van der Waals surface area contributed by atoms with Crippen molar-refractivity contribution in [3.8, 4) is 17.0 Å². The summed E-state index contributed by atoms with van der Waals surface area (Å²) >= 11 is 0. The van der Waals surface area contributed by atoms with Crippen molar-refractivity contribution >= 4 is 0 Å². The third-order valence-corrected chi connectivity index (χ3v) is 3.16. The predicted octanol–water partition coefficient (Wildman–Crippen LogP) is 3.49. The van der Waals surface area contributed by atoms with E-state index in [2.05, 4.69) is 0 Å². The maximum atomic E-state index is 12.7. The Morgan fingerprint density at radius 3 is 2.62 bits per heavy atom. The molecule has 0 radical (unpaired) electrons. The third kappa shape index (κ3) is 3.48. The van der Waals surface area contributed by atoms with Crippen molar-refractivity contribution in [2.75, 3.05) is 6.61 Å². The summed E-state index contributed by atoms with van der Waals surface area (Å²) < 4.78 is 31.9. The topological polar surface area (TPSA) is 31.2 Å². The Labute approximate surface area is 121 Å². The van der Waals surface area contributed by atoms with E-state index >= 15 is 0 Å². The molecule has 1 aromatic heterocycles. The number of rotatable bonds is 5. The van der Waals surface area contributed by atoms with E-state index in [1.54, 1.807) is 24.3 Å². The van der Waals surface area contributed by atoms with Crippen molar-refractivity contribution in [2.24, 2.45) is 0 Å². The first-order chi connectivity index (χ1) is 10.0. The zero-order valence-electron chi connectivity index (χ0n) is 12.0. The maximum Gasteiger partial charge on any atom is 0.256 e. The summed E-state index contributed by atoms with van der Waals surface area (Å²) in [5.41, 5.74) is 1.68. The van der Waals surface area contributed by atoms with Gasteiger partial charge >= 0.3 is 0 Å². The SMILES string of the molecule is CCOc1ccc(-c2cccc(=O)n2CC(F)F)c(C)c1. The van der Waals surface area contributed by atoms with E-state index in [-0.39, 0.29) is 0 Å². The highest BCUT2D eigenvalue weighted by atomic mass is 19.3. The molecule has 0 bridgehead atoms. The van der Waals surface area contributed by atoms with Crippen LogP contribution < -0.4 is 10.3 Å². The number of alkyl halides is 2. The number of aryl methyl sites for hydroxylation is 1. The van der Waals surface area contributed by atoms with Crippen molar-refractivity contribution in [1.29, 1.82) is 0 Å². The minimum absolute atomic E-state index is 0.430. The van der Waals surface area contributed by atoms with E-state index < -0.39 is 18.5 Å². The van der Waals surface area contributed by atoms with Crippen LogP contribution in [-0.2, 0) is 6.54 Å². The molecule has 0 aliphatic rings. The molecule has 2 rings (SSSR count). The van der Waals surface area contributed by atoms with Crippen molar-refractivity contribution in [3.63, 3.8) is 0 Å². The van der Waals surface area contributed by atoms with Gasteiger partial charge in [0.05, 0.1) is 18.8 Å². The van der Waals surface area contributed by atoms with E-state index in [1.165, 1.54) is 6.07 Å². The summed E-state index contributed by atoms with van der Waals surface area (Å²) in [4.78, 5) is 11.8. The Balaban J connectivity index is 2.51. The monoisotopic (exact) mass is 293 g/mol. The molecule has 0 amide bonds. The van der Waals surface area contributed by atoms with Crippen LogP contribution in [0.5, 0.6) is 5.75 Å². The lowest BCUT2D eigenvalue weighted by molar-refractivity contribution is 0.126. The average Bonchev–Trinajstić information content (AvgIpc) is 2.42. The molecule has 0 atom stereocenters. The summed E-state index contributed by atoms with van der Waals surface area (Å²) in [6.45, 7) is 3.70. The van der Waals surface area contributed by atoms with E-state index in [0.717, 1.165) is 21.4 Å². The predicted molar refractivity (Wildman–Crippen MR) is 78.0 cm³/mol. The van der Waals surface area contributed by atoms with Gasteiger partial charge in [-0.3, -0.25) is 4.79 Å². The van der Waals surface area contributed by atoms with E-state index in [4.69, 9.17) is 4.74 Å². The molecule has 0 saturated heterocycles. The van der Waals surface area contributed by atoms with Crippen LogP contribution in [0.3, 0.4) is 0 Å². The van der Waals surface area contributed by atoms with Crippen LogP contribution in [0.4, 0.5) is 8.78 Å². The number of pyridine rings is 1. The Bertz CT molecular complexity index is 680. The molecule has 0 unspecified atom stereocenters. The van der Waals surface area contributed by atoms with E-state index in [0.29, 0.717) is 12.3 Å². The van der Waals surface area contributed by atoms with Crippen LogP contribution in [0.15, 0.2) is 41.2 Å². The second-order valence-corrected chi connectivity index (χ2v) is 4.66. The smallest absolute Gasteiger partial charge is 0.256 e. The second kappa shape index (κ2) is 6.52. The molecule has 0 aliphatic carbocycles. The highest BCUT2D eigenvalue weighted by Crippen LogP contribution is 2.26. The molecule has 5 heteroatoms. The fourth-order valence-electron chi connectivity index (χ4n) is 2.26. The van der Waals surface area contributed by atoms with Crippen molar-refractivity contribution < 1.29 is 13.5 Å². The van der Waals surface area contributed by atoms with Crippen LogP contribution in [0.25, 0.3) is 11.3 Å². The molecular weight excluding hydrogens is 276 g/mol. The average molecular weight is 293 g/mol. The normalized spacial score (nSPS) is 10.9. The molecule has 0 aliphatic heterocycles. The van der Waals surface area contributed by atoms with Gasteiger partial charge in [-0.25, -0.2) is 8.78 Å². The van der Waals surface area contributed by atoms with Gasteiger partial charge in [-0.15, -0.1) is 0 Å². The highest BCUT2D eigenvalue weighted by Gasteiger charge is 2.13. The summed E-state index contributed by atoms with van der Waals surface area (Å²) in [6.07, 6.45) is -2.58. The van der Waals surface area contributed by atoms with E-state index in [9.17, 15) is 13.6 Å². The molecule has 0 spiro atoms. The largest absolute Gasteiger partial charge is 0.494 e. The van der Waals surface area contributed by atoms with Gasteiger partial charge < -0.3 is 9.30 Å². The Morgan fingerprint density at radius 1 is 1.24 bits per heavy atom. The Kier molecular flexibility index (Phi) is 4.73. The number of benzene rings is 1. The lowest BCUT2D eigenvalue weighted by Gasteiger charge is -2.15. The number of hydrogen-bond acceptors (Lipinski definition) is 2. The molecule has 112 valence electrons. The summed E-state index contributed by atoms with van der Waals surface area (Å²) in [7, 11) is 0. The molecule has 2 aromatic rings. The summed E-state index contributed by atoms with van der Waals surface area (Å²) in [5.74, 6) is 0.720. The van der Waals surface area contributed by atoms with Crippen LogP contribution in [0.1, 0.15) is 12.5 Å². The molecule has 3 nitrogen and oxygen atoms in total. The fraction of sp³-hybridized carbons (Fsp3) is 0.312. The van der Waals surface area contributed by atoms with Crippen LogP contribution >= 0.6 is 0 Å². The number of nitrogens with zero attached hydrogens (tertiary/aromatic N) is 1. The second-order valence-electron chi connectivity index (χ2n) is 4.66. The molecular formula is C16H17F2NO2. The van der Waals surface area contributed by atoms with Gasteiger partial charge in [-0.2, -0.15) is 0 Å². The number of aromatic nitrogens is 1. The standard InChI is InChI=1S/C16H17F2NO2/c1-3-21-12-7-8-13(11(2)9-12)14-5-4-6-16(20)19(14)10-15(17)18/h4-9,15H,3,10H2,1-2H3. The fourth-order valence-corrected chi connectivity index (χ4v) is 2.26. The zero-order valence-corrected chi connectivity index (χ0v) is 12.0. The summed E-state index contributed by atoms with van der Waals surface area (Å²) in [5, 5.41) is 0. The minimum atomic E-state index is -2.58. The highest BCUT2D eigenvalue weighted by molar-refractivity contribution is 5.65. The van der Waals surface area contributed by atoms with Crippen LogP contribution in [0.2, 0.25) is 0 Å². The van der Waals surface area contributed by atoms with Gasteiger partial charge in [0.2, 0.25) is 0 Å². The number of halogens is 2. The molecule has 0 fully saturated rings. The maximum absolute atomic E-state index is 12.7. The third-order valence-electron chi connectivity index (χ3n) is 3.16. The zero-order chi connectivity index (χ0) is 15.4. The first kappa shape index (κ1) is 15.2. The van der Waals surface area contributed by atoms with Gasteiger partial charge in [-0.1, -0.05) is 6.07 Å². The minimum Gasteiger partial charge on any atom is -0.494 e. The molecule has 0 saturated carbocycles. The summed E-state index contributed by atoms with van der Waals surface area (Å²) in [6, 6.07) is 9.94. The molecule has 21 heavy (non-hydrogen) atoms. The lowest BCUT2D eigenvalue weighted by Crippen LogP contribution is -2.24. The quantitative estimate of drug-likeness (QED) is 0.845. The van der Waals surface area contributed by atoms with E-state index in [1.807, 2.05) is 19.9 Å². The van der Waals surface area contributed by atoms with Gasteiger partial charge in [0.1, 0.15) is 5.75 Å². The Hall–Kier alpha value is -2.17. The lowest BCUT2D eigenvalue weighted by atomic mass is 10.0. The van der Waals surface area contributed by atoms with Gasteiger partial charge in [-0.05, 0) is 43.7 Å². The molecule has 1 heterocycles. The van der Waals surface area contributed by atoms with Crippen LogP contribution in [0, 0.1) is 6.92 Å². The first-order valence-electron chi connectivity index (χ1n) is 6.74. The van der Waals surface area contributed by atoms with Crippen LogP contribution in [-0.4, -0.2) is 17.6 Å². The first-order valence-corrected chi connectivity index (χ1v) is 6.74. The van der Waals surface area contributed by atoms with Crippen molar-refractivity contribution in [2.45, 2.75) is 26.8 Å². The van der Waals surface area contributed by atoms with Crippen molar-refractivity contribution in [1.82, 2.24) is 4.57 Å². The number of ether oxygens (including phenoxy) is 1. The molecule has 1 aromatic carbocycles. The van der Waals surface area contributed by atoms with Gasteiger partial charge in [0.25, 0.3) is 12.0 Å². The van der Waals surface area contributed by atoms with Crippen molar-refractivity contribution in [3.05, 3.63) is 52.3 Å². The van der Waals surface area contributed by atoms with Gasteiger partial charge in [0, 0.05) is 11.6 Å². The number of hydrogen-bond donors (Lipinski definition) is 0. The molecule has 0 N–H and O–H groups in total. The Morgan fingerprint density at radius 2 is 2.00 bits per heavy atom. The van der Waals surface area contributed by atoms with Gasteiger partial charge in [0.15, 0.2) is 0 Å².